The van der Waals surface area contributed by atoms with Crippen LogP contribution in [0.5, 0.6) is 0 Å². The zero-order valence-electron chi connectivity index (χ0n) is 48.7. The molecule has 0 radical (unpaired) electrons. The van der Waals surface area contributed by atoms with E-state index in [0.717, 1.165) is 64.2 Å². The lowest BCUT2D eigenvalue weighted by molar-refractivity contribution is -0.167. The first kappa shape index (κ1) is 69.9. The Kier molecular flexibility index (Phi) is 59.6. The van der Waals surface area contributed by atoms with Crippen molar-refractivity contribution in [1.82, 2.24) is 0 Å². The van der Waals surface area contributed by atoms with E-state index in [9.17, 15) is 14.4 Å². The van der Waals surface area contributed by atoms with Gasteiger partial charge in [-0.1, -0.05) is 315 Å². The van der Waals surface area contributed by atoms with Crippen molar-refractivity contribution < 1.29 is 28.6 Å². The Morgan fingerprint density at radius 3 is 0.792 bits per heavy atom. The van der Waals surface area contributed by atoms with Gasteiger partial charge in [-0.2, -0.15) is 0 Å². The third-order valence-corrected chi connectivity index (χ3v) is 14.7. The summed E-state index contributed by atoms with van der Waals surface area (Å²) in [5.41, 5.74) is 0. The van der Waals surface area contributed by atoms with Crippen molar-refractivity contribution >= 4 is 17.9 Å². The second-order valence-electron chi connectivity index (χ2n) is 22.0. The largest absolute Gasteiger partial charge is 0.462 e. The molecule has 0 bridgehead atoms. The minimum Gasteiger partial charge on any atom is -0.462 e. The van der Waals surface area contributed by atoms with E-state index in [1.165, 1.54) is 257 Å². The molecule has 1 atom stereocenters. The van der Waals surface area contributed by atoms with Crippen LogP contribution < -0.4 is 0 Å². The fourth-order valence-electron chi connectivity index (χ4n) is 9.83. The lowest BCUT2D eigenvalue weighted by Gasteiger charge is -2.18. The highest BCUT2D eigenvalue weighted by Crippen LogP contribution is 2.18. The maximum Gasteiger partial charge on any atom is 0.306 e. The molecular weight excluding hydrogens is 889 g/mol. The summed E-state index contributed by atoms with van der Waals surface area (Å²) >= 11 is 0. The third kappa shape index (κ3) is 58.8. The molecule has 0 aromatic rings. The maximum absolute atomic E-state index is 12.9. The molecule has 0 rings (SSSR count). The fraction of sp³-hybridized carbons (Fsp3) is 0.894. The van der Waals surface area contributed by atoms with Gasteiger partial charge >= 0.3 is 17.9 Å². The molecule has 0 heterocycles. The number of unbranched alkanes of at least 4 members (excludes halogenated alkanes) is 45. The van der Waals surface area contributed by atoms with Gasteiger partial charge in [-0.05, 0) is 51.4 Å². The lowest BCUT2D eigenvalue weighted by Crippen LogP contribution is -2.30. The van der Waals surface area contributed by atoms with Gasteiger partial charge in [-0.15, -0.1) is 0 Å². The summed E-state index contributed by atoms with van der Waals surface area (Å²) in [4.78, 5) is 38.1. The van der Waals surface area contributed by atoms with Crippen LogP contribution in [0.2, 0.25) is 0 Å². The van der Waals surface area contributed by atoms with E-state index in [1.807, 2.05) is 0 Å². The van der Waals surface area contributed by atoms with Crippen LogP contribution in [-0.2, 0) is 28.6 Å². The third-order valence-electron chi connectivity index (χ3n) is 14.7. The quantitative estimate of drug-likeness (QED) is 0.0261. The van der Waals surface area contributed by atoms with Crippen LogP contribution in [0, 0.1) is 0 Å². The molecule has 0 saturated carbocycles. The van der Waals surface area contributed by atoms with Crippen LogP contribution in [0.3, 0.4) is 0 Å². The molecule has 0 aromatic carbocycles. The van der Waals surface area contributed by atoms with Crippen LogP contribution in [-0.4, -0.2) is 37.2 Å². The van der Waals surface area contributed by atoms with Crippen molar-refractivity contribution in [3.05, 3.63) is 24.3 Å². The van der Waals surface area contributed by atoms with E-state index in [2.05, 4.69) is 45.1 Å². The normalized spacial score (nSPS) is 12.1. The minimum absolute atomic E-state index is 0.0675. The van der Waals surface area contributed by atoms with Gasteiger partial charge in [0, 0.05) is 19.3 Å². The average molecular weight is 1010 g/mol. The summed E-state index contributed by atoms with van der Waals surface area (Å²) in [6, 6.07) is 0. The van der Waals surface area contributed by atoms with Gasteiger partial charge in [0.25, 0.3) is 0 Å². The molecule has 0 spiro atoms. The van der Waals surface area contributed by atoms with E-state index in [-0.39, 0.29) is 31.1 Å². The van der Waals surface area contributed by atoms with Crippen LogP contribution in [0.4, 0.5) is 0 Å². The number of carbonyl (C=O) groups excluding carboxylic acids is 3. The first-order valence-electron chi connectivity index (χ1n) is 32.3. The van der Waals surface area contributed by atoms with Gasteiger partial charge in [0.2, 0.25) is 0 Å². The number of hydrogen-bond donors (Lipinski definition) is 0. The monoisotopic (exact) mass is 1010 g/mol. The van der Waals surface area contributed by atoms with Crippen LogP contribution >= 0.6 is 0 Å². The summed E-state index contributed by atoms with van der Waals surface area (Å²) in [5.74, 6) is -0.852. The predicted molar refractivity (Wildman–Crippen MR) is 312 cm³/mol. The minimum atomic E-state index is -0.768. The highest BCUT2D eigenvalue weighted by Gasteiger charge is 2.19. The number of ether oxygens (including phenoxy) is 3. The molecule has 0 fully saturated rings. The number of rotatable bonds is 60. The van der Waals surface area contributed by atoms with E-state index in [4.69, 9.17) is 14.2 Å². The summed E-state index contributed by atoms with van der Waals surface area (Å²) in [7, 11) is 0. The van der Waals surface area contributed by atoms with E-state index in [0.29, 0.717) is 19.3 Å². The average Bonchev–Trinajstić information content (AvgIpc) is 3.38. The molecule has 0 aliphatic rings. The molecule has 0 aliphatic heterocycles. The van der Waals surface area contributed by atoms with Gasteiger partial charge in [-0.25, -0.2) is 0 Å². The summed E-state index contributed by atoms with van der Waals surface area (Å²) in [5, 5.41) is 0. The SMILES string of the molecule is CCCCC/C=C\C/C=C\CCCCCCCCCCCC(=O)OC(COC(=O)CCCCCCCCCC)COC(=O)CCCCCCCCCCCCCCCCCCCCCCCCCCCCC. The van der Waals surface area contributed by atoms with Gasteiger partial charge in [0.1, 0.15) is 13.2 Å². The van der Waals surface area contributed by atoms with E-state index >= 15 is 0 Å². The van der Waals surface area contributed by atoms with Gasteiger partial charge in [0.15, 0.2) is 6.10 Å². The number of hydrogen-bond acceptors (Lipinski definition) is 6. The van der Waals surface area contributed by atoms with Gasteiger partial charge < -0.3 is 14.2 Å². The van der Waals surface area contributed by atoms with Gasteiger partial charge in [0.05, 0.1) is 0 Å². The highest BCUT2D eigenvalue weighted by atomic mass is 16.6. The zero-order valence-corrected chi connectivity index (χ0v) is 48.7. The lowest BCUT2D eigenvalue weighted by atomic mass is 10.0. The van der Waals surface area contributed by atoms with Crippen LogP contribution in [0.25, 0.3) is 0 Å². The maximum atomic E-state index is 12.9. The highest BCUT2D eigenvalue weighted by molar-refractivity contribution is 5.71. The molecule has 72 heavy (non-hydrogen) atoms. The molecule has 6 nitrogen and oxygen atoms in total. The summed E-state index contributed by atoms with van der Waals surface area (Å²) in [6.07, 6.45) is 73.6. The van der Waals surface area contributed by atoms with Crippen molar-refractivity contribution in [2.24, 2.45) is 0 Å². The molecule has 424 valence electrons. The Bertz CT molecular complexity index is 1160. The molecule has 0 aromatic heterocycles. The van der Waals surface area contributed by atoms with Crippen LogP contribution in [0.1, 0.15) is 361 Å². The Labute approximate surface area is 449 Å². The summed E-state index contributed by atoms with van der Waals surface area (Å²) < 4.78 is 16.9. The van der Waals surface area contributed by atoms with Crippen molar-refractivity contribution in [1.29, 1.82) is 0 Å². The number of allylic oxidation sites excluding steroid dienone is 4. The Morgan fingerprint density at radius 1 is 0.278 bits per heavy atom. The second kappa shape index (κ2) is 61.4. The molecular formula is C66H124O6. The Balaban J connectivity index is 4.08. The molecule has 0 amide bonds. The molecule has 0 aliphatic carbocycles. The predicted octanol–water partition coefficient (Wildman–Crippen LogP) is 21.8. The van der Waals surface area contributed by atoms with Gasteiger partial charge in [-0.3, -0.25) is 14.4 Å². The first-order chi connectivity index (χ1) is 35.5. The smallest absolute Gasteiger partial charge is 0.306 e. The van der Waals surface area contributed by atoms with Crippen molar-refractivity contribution in [3.63, 3.8) is 0 Å². The van der Waals surface area contributed by atoms with Crippen molar-refractivity contribution in [3.8, 4) is 0 Å². The van der Waals surface area contributed by atoms with Crippen LogP contribution in [0.15, 0.2) is 24.3 Å². The van der Waals surface area contributed by atoms with E-state index in [1.54, 1.807) is 0 Å². The van der Waals surface area contributed by atoms with E-state index < -0.39 is 6.10 Å². The van der Waals surface area contributed by atoms with Crippen molar-refractivity contribution in [2.45, 2.75) is 367 Å². The molecule has 0 saturated heterocycles. The molecule has 6 heteroatoms. The Morgan fingerprint density at radius 2 is 0.500 bits per heavy atom. The standard InChI is InChI=1S/C66H124O6/c1-4-7-10-13-16-19-21-23-25-27-29-30-31-32-33-34-35-36-38-39-41-43-45-47-50-53-56-59-65(68)71-62-63(61-70-64(67)58-55-52-49-18-15-12-9-6-3)72-66(69)60-57-54-51-48-46-44-42-40-37-28-26-24-22-20-17-14-11-8-5-2/h17,20,24,26,63H,4-16,18-19,21-23,25,27-62H2,1-3H3/b20-17-,26-24-. The fourth-order valence-corrected chi connectivity index (χ4v) is 9.83. The number of esters is 3. The number of carbonyl (C=O) groups is 3. The first-order valence-corrected chi connectivity index (χ1v) is 32.3. The Hall–Kier alpha value is -2.11. The molecule has 0 N–H and O–H groups in total. The van der Waals surface area contributed by atoms with Crippen molar-refractivity contribution in [2.75, 3.05) is 13.2 Å². The summed E-state index contributed by atoms with van der Waals surface area (Å²) in [6.45, 7) is 6.65. The second-order valence-corrected chi connectivity index (χ2v) is 22.0. The molecule has 1 unspecified atom stereocenters. The topological polar surface area (TPSA) is 78.9 Å². The zero-order chi connectivity index (χ0) is 52.2.